The molecule has 2 aliphatic rings. The smallest absolute Gasteiger partial charge is 0.313 e. The Bertz CT molecular complexity index is 646. The van der Waals surface area contributed by atoms with Crippen molar-refractivity contribution in [3.05, 3.63) is 18.3 Å². The summed E-state index contributed by atoms with van der Waals surface area (Å²) in [5, 5.41) is 5.54. The van der Waals surface area contributed by atoms with Crippen LogP contribution in [0.5, 0.6) is 0 Å². The van der Waals surface area contributed by atoms with Crippen LogP contribution < -0.4 is 15.5 Å². The molecule has 7 nitrogen and oxygen atoms in total. The van der Waals surface area contributed by atoms with Crippen LogP contribution >= 0.6 is 0 Å². The minimum atomic E-state index is -0.634. The number of carbonyl (C=O) groups excluding carboxylic acids is 2. The number of pyridine rings is 1. The van der Waals surface area contributed by atoms with Crippen LogP contribution in [0.4, 0.5) is 11.5 Å². The molecule has 154 valence electrons. The van der Waals surface area contributed by atoms with Crippen LogP contribution in [0.3, 0.4) is 0 Å². The largest absolute Gasteiger partial charge is 0.372 e. The van der Waals surface area contributed by atoms with Crippen molar-refractivity contribution in [1.29, 1.82) is 0 Å². The molecule has 0 aromatic carbocycles. The van der Waals surface area contributed by atoms with E-state index in [2.05, 4.69) is 20.5 Å². The Morgan fingerprint density at radius 1 is 1.00 bits per heavy atom. The van der Waals surface area contributed by atoms with Gasteiger partial charge in [0, 0.05) is 19.1 Å². The Labute approximate surface area is 167 Å². The monoisotopic (exact) mass is 388 g/mol. The van der Waals surface area contributed by atoms with Crippen molar-refractivity contribution in [3.63, 3.8) is 0 Å². The standard InChI is InChI=1S/C21H32N4O3/c1-15-13-25(14-16(2)28-15)19-11-10-18(12-22-19)24-21(27)20(26)23-17-8-6-4-3-5-7-9-17/h10-12,15-17H,3-9,13-14H2,1-2H3,(H,23,26)(H,24,27). The summed E-state index contributed by atoms with van der Waals surface area (Å²) in [4.78, 5) is 31.1. The summed E-state index contributed by atoms with van der Waals surface area (Å²) in [7, 11) is 0. The van der Waals surface area contributed by atoms with Gasteiger partial charge in [0.05, 0.1) is 24.1 Å². The molecule has 2 N–H and O–H groups in total. The molecule has 0 radical (unpaired) electrons. The summed E-state index contributed by atoms with van der Waals surface area (Å²) in [5.41, 5.74) is 0.524. The first-order chi connectivity index (χ1) is 13.5. The van der Waals surface area contributed by atoms with Gasteiger partial charge in [-0.3, -0.25) is 9.59 Å². The number of amides is 2. The number of aromatic nitrogens is 1. The maximum atomic E-state index is 12.2. The lowest BCUT2D eigenvalue weighted by Gasteiger charge is -2.36. The molecule has 2 heterocycles. The molecule has 1 aliphatic carbocycles. The van der Waals surface area contributed by atoms with Crippen LogP contribution in [-0.2, 0) is 14.3 Å². The highest BCUT2D eigenvalue weighted by molar-refractivity contribution is 6.39. The van der Waals surface area contributed by atoms with E-state index in [4.69, 9.17) is 4.74 Å². The van der Waals surface area contributed by atoms with Gasteiger partial charge in [0.25, 0.3) is 0 Å². The van der Waals surface area contributed by atoms with Gasteiger partial charge in [-0.05, 0) is 38.8 Å². The molecule has 2 amide bonds. The van der Waals surface area contributed by atoms with Crippen LogP contribution in [0, 0.1) is 0 Å². The second kappa shape index (κ2) is 9.87. The molecule has 1 aromatic rings. The van der Waals surface area contributed by atoms with Gasteiger partial charge in [-0.15, -0.1) is 0 Å². The second-order valence-electron chi connectivity index (χ2n) is 8.04. The predicted octanol–water partition coefficient (Wildman–Crippen LogP) is 2.86. The van der Waals surface area contributed by atoms with E-state index in [0.717, 1.165) is 44.6 Å². The Kier molecular flexibility index (Phi) is 7.25. The van der Waals surface area contributed by atoms with E-state index in [0.29, 0.717) is 5.69 Å². The van der Waals surface area contributed by atoms with Crippen molar-refractivity contribution in [2.75, 3.05) is 23.3 Å². The highest BCUT2D eigenvalue weighted by Crippen LogP contribution is 2.20. The molecule has 0 spiro atoms. The summed E-state index contributed by atoms with van der Waals surface area (Å²) in [6, 6.07) is 3.76. The van der Waals surface area contributed by atoms with E-state index in [1.807, 2.05) is 19.9 Å². The van der Waals surface area contributed by atoms with E-state index in [9.17, 15) is 9.59 Å². The number of hydrogen-bond acceptors (Lipinski definition) is 5. The van der Waals surface area contributed by atoms with Gasteiger partial charge in [-0.25, -0.2) is 4.98 Å². The molecule has 28 heavy (non-hydrogen) atoms. The number of morpholine rings is 1. The number of anilines is 2. The van der Waals surface area contributed by atoms with Gasteiger partial charge in [-0.2, -0.15) is 0 Å². The first-order valence-electron chi connectivity index (χ1n) is 10.5. The molecule has 2 unspecified atom stereocenters. The quantitative estimate of drug-likeness (QED) is 0.778. The highest BCUT2D eigenvalue weighted by Gasteiger charge is 2.23. The van der Waals surface area contributed by atoms with Crippen LogP contribution in [0.1, 0.15) is 58.8 Å². The Morgan fingerprint density at radius 3 is 2.25 bits per heavy atom. The maximum Gasteiger partial charge on any atom is 0.313 e. The molecule has 1 aromatic heterocycles. The Balaban J connectivity index is 1.51. The molecule has 2 atom stereocenters. The van der Waals surface area contributed by atoms with Gasteiger partial charge >= 0.3 is 11.8 Å². The van der Waals surface area contributed by atoms with E-state index in [-0.39, 0.29) is 18.2 Å². The lowest BCUT2D eigenvalue weighted by Crippen LogP contribution is -2.45. The van der Waals surface area contributed by atoms with Crippen molar-refractivity contribution in [3.8, 4) is 0 Å². The number of rotatable bonds is 3. The van der Waals surface area contributed by atoms with E-state index < -0.39 is 11.8 Å². The van der Waals surface area contributed by atoms with Gasteiger partial charge < -0.3 is 20.3 Å². The third-order valence-electron chi connectivity index (χ3n) is 5.40. The van der Waals surface area contributed by atoms with Crippen LogP contribution in [0.2, 0.25) is 0 Å². The molecule has 2 fully saturated rings. The van der Waals surface area contributed by atoms with Gasteiger partial charge in [-0.1, -0.05) is 32.1 Å². The number of carbonyl (C=O) groups is 2. The number of ether oxygens (including phenoxy) is 1. The number of hydrogen-bond donors (Lipinski definition) is 2. The zero-order valence-corrected chi connectivity index (χ0v) is 16.9. The third kappa shape index (κ3) is 5.92. The average Bonchev–Trinajstić information content (AvgIpc) is 2.63. The van der Waals surface area contributed by atoms with Crippen LogP contribution in [0.25, 0.3) is 0 Å². The number of nitrogens with zero attached hydrogens (tertiary/aromatic N) is 2. The molecule has 7 heteroatoms. The fourth-order valence-corrected chi connectivity index (χ4v) is 4.05. The van der Waals surface area contributed by atoms with Crippen molar-refractivity contribution in [1.82, 2.24) is 10.3 Å². The lowest BCUT2D eigenvalue weighted by atomic mass is 9.97. The van der Waals surface area contributed by atoms with Crippen molar-refractivity contribution in [2.45, 2.75) is 77.0 Å². The first-order valence-corrected chi connectivity index (χ1v) is 10.5. The molecule has 1 saturated heterocycles. The van der Waals surface area contributed by atoms with E-state index >= 15 is 0 Å². The highest BCUT2D eigenvalue weighted by atomic mass is 16.5. The van der Waals surface area contributed by atoms with Crippen molar-refractivity contribution in [2.24, 2.45) is 0 Å². The van der Waals surface area contributed by atoms with E-state index in [1.165, 1.54) is 19.3 Å². The van der Waals surface area contributed by atoms with Gasteiger partial charge in [0.2, 0.25) is 0 Å². The Morgan fingerprint density at radius 2 is 1.64 bits per heavy atom. The first kappa shape index (κ1) is 20.6. The summed E-state index contributed by atoms with van der Waals surface area (Å²) >= 11 is 0. The normalized spacial score (nSPS) is 24.1. The fraction of sp³-hybridized carbons (Fsp3) is 0.667. The predicted molar refractivity (Wildman–Crippen MR) is 109 cm³/mol. The van der Waals surface area contributed by atoms with Crippen molar-refractivity contribution < 1.29 is 14.3 Å². The molecular weight excluding hydrogens is 356 g/mol. The van der Waals surface area contributed by atoms with Crippen LogP contribution in [-0.4, -0.2) is 48.1 Å². The fourth-order valence-electron chi connectivity index (χ4n) is 4.05. The zero-order valence-electron chi connectivity index (χ0n) is 16.9. The third-order valence-corrected chi connectivity index (χ3v) is 5.40. The molecule has 3 rings (SSSR count). The second-order valence-corrected chi connectivity index (χ2v) is 8.04. The topological polar surface area (TPSA) is 83.6 Å². The van der Waals surface area contributed by atoms with E-state index in [1.54, 1.807) is 12.3 Å². The van der Waals surface area contributed by atoms with Crippen LogP contribution in [0.15, 0.2) is 18.3 Å². The zero-order chi connectivity index (χ0) is 19.9. The lowest BCUT2D eigenvalue weighted by molar-refractivity contribution is -0.136. The number of nitrogens with one attached hydrogen (secondary N) is 2. The van der Waals surface area contributed by atoms with Crippen molar-refractivity contribution >= 4 is 23.3 Å². The average molecular weight is 389 g/mol. The minimum absolute atomic E-state index is 0.101. The SMILES string of the molecule is CC1CN(c2ccc(NC(=O)C(=O)NC3CCCCCCC3)cn2)CC(C)O1. The summed E-state index contributed by atoms with van der Waals surface area (Å²) in [5.74, 6) is -0.352. The summed E-state index contributed by atoms with van der Waals surface area (Å²) < 4.78 is 5.75. The molecule has 0 bridgehead atoms. The minimum Gasteiger partial charge on any atom is -0.372 e. The molecular formula is C21H32N4O3. The summed E-state index contributed by atoms with van der Waals surface area (Å²) in [6.45, 7) is 5.66. The molecule has 1 aliphatic heterocycles. The van der Waals surface area contributed by atoms with Gasteiger partial charge in [0.1, 0.15) is 5.82 Å². The molecule has 1 saturated carbocycles. The summed E-state index contributed by atoms with van der Waals surface area (Å²) in [6.07, 6.45) is 9.70. The van der Waals surface area contributed by atoms with Gasteiger partial charge in [0.15, 0.2) is 0 Å². The Hall–Kier alpha value is -2.15. The maximum absolute atomic E-state index is 12.2.